The number of hydrogen-bond acceptors (Lipinski definition) is 4. The molecule has 2 aromatic rings. The van der Waals surface area contributed by atoms with Crippen LogP contribution in [0.15, 0.2) is 30.5 Å². The second kappa shape index (κ2) is 8.08. The van der Waals surface area contributed by atoms with Gasteiger partial charge in [-0.1, -0.05) is 18.2 Å². The summed E-state index contributed by atoms with van der Waals surface area (Å²) in [6, 6.07) is 7.18. The van der Waals surface area contributed by atoms with Gasteiger partial charge >= 0.3 is 0 Å². The minimum absolute atomic E-state index is 0.151. The van der Waals surface area contributed by atoms with Crippen molar-refractivity contribution < 1.29 is 9.50 Å². The van der Waals surface area contributed by atoms with E-state index < -0.39 is 0 Å². The number of benzene rings is 1. The number of aliphatic hydroxyl groups is 1. The molecule has 136 valence electrons. The SMILES string of the molecule is Cc1nn(C)cc1CN1CCN(Cc2ccccc2F)[C@@H](CCO)C1. The fraction of sp³-hybridized carbons (Fsp3) is 0.526. The Morgan fingerprint density at radius 1 is 1.20 bits per heavy atom. The molecule has 2 heterocycles. The van der Waals surface area contributed by atoms with Gasteiger partial charge in [-0.05, 0) is 19.4 Å². The molecule has 3 rings (SSSR count). The molecule has 1 aliphatic rings. The molecule has 0 saturated carbocycles. The largest absolute Gasteiger partial charge is 0.396 e. The summed E-state index contributed by atoms with van der Waals surface area (Å²) >= 11 is 0. The second-order valence-corrected chi connectivity index (χ2v) is 6.88. The Balaban J connectivity index is 1.66. The topological polar surface area (TPSA) is 44.5 Å². The van der Waals surface area contributed by atoms with Crippen molar-refractivity contribution in [1.82, 2.24) is 19.6 Å². The lowest BCUT2D eigenvalue weighted by Gasteiger charge is -2.41. The van der Waals surface area contributed by atoms with E-state index in [9.17, 15) is 9.50 Å². The predicted octanol–water partition coefficient (Wildman–Crippen LogP) is 1.94. The van der Waals surface area contributed by atoms with E-state index in [-0.39, 0.29) is 18.5 Å². The zero-order valence-electron chi connectivity index (χ0n) is 15.0. The molecule has 5 nitrogen and oxygen atoms in total. The van der Waals surface area contributed by atoms with E-state index in [1.54, 1.807) is 6.07 Å². The molecule has 6 heteroatoms. The van der Waals surface area contributed by atoms with Gasteiger partial charge in [0, 0.05) is 69.7 Å². The molecular formula is C19H27FN4O. The Morgan fingerprint density at radius 2 is 2.00 bits per heavy atom. The van der Waals surface area contributed by atoms with Crippen LogP contribution in [0.2, 0.25) is 0 Å². The van der Waals surface area contributed by atoms with Crippen LogP contribution < -0.4 is 0 Å². The molecule has 1 aromatic heterocycles. The van der Waals surface area contributed by atoms with E-state index in [1.807, 2.05) is 30.8 Å². The normalized spacial score (nSPS) is 19.4. The van der Waals surface area contributed by atoms with Gasteiger partial charge in [0.15, 0.2) is 0 Å². The number of aliphatic hydroxyl groups excluding tert-OH is 1. The van der Waals surface area contributed by atoms with E-state index in [0.717, 1.165) is 37.4 Å². The highest BCUT2D eigenvalue weighted by atomic mass is 19.1. The zero-order chi connectivity index (χ0) is 17.8. The number of rotatable bonds is 6. The maximum absolute atomic E-state index is 14.0. The standard InChI is InChI=1S/C19H27FN4O/c1-15-17(11-22(2)21-15)12-23-8-9-24(18(14-23)7-10-25)13-16-5-3-4-6-19(16)20/h3-6,11,18,25H,7-10,12-14H2,1-2H3/t18-/m0/s1. The molecule has 1 atom stereocenters. The second-order valence-electron chi connectivity index (χ2n) is 6.88. The zero-order valence-corrected chi connectivity index (χ0v) is 15.0. The molecule has 0 spiro atoms. The summed E-state index contributed by atoms with van der Waals surface area (Å²) in [6.07, 6.45) is 2.78. The van der Waals surface area contributed by atoms with Crippen molar-refractivity contribution in [3.8, 4) is 0 Å². The van der Waals surface area contributed by atoms with Crippen molar-refractivity contribution in [2.24, 2.45) is 7.05 Å². The van der Waals surface area contributed by atoms with E-state index in [2.05, 4.69) is 21.1 Å². The summed E-state index contributed by atoms with van der Waals surface area (Å²) in [6.45, 7) is 6.34. The van der Waals surface area contributed by atoms with Gasteiger partial charge in [0.25, 0.3) is 0 Å². The van der Waals surface area contributed by atoms with Gasteiger partial charge in [-0.3, -0.25) is 14.5 Å². The third-order valence-electron chi connectivity index (χ3n) is 4.99. The highest BCUT2D eigenvalue weighted by molar-refractivity contribution is 5.18. The van der Waals surface area contributed by atoms with Gasteiger partial charge in [-0.25, -0.2) is 4.39 Å². The molecule has 0 unspecified atom stereocenters. The molecule has 1 N–H and O–H groups in total. The van der Waals surface area contributed by atoms with Crippen molar-refractivity contribution in [2.75, 3.05) is 26.2 Å². The highest BCUT2D eigenvalue weighted by Gasteiger charge is 2.27. The lowest BCUT2D eigenvalue weighted by Crippen LogP contribution is -2.52. The summed E-state index contributed by atoms with van der Waals surface area (Å²) in [5.74, 6) is -0.154. The number of nitrogens with zero attached hydrogens (tertiary/aromatic N) is 4. The Morgan fingerprint density at radius 3 is 2.68 bits per heavy atom. The van der Waals surface area contributed by atoms with E-state index in [4.69, 9.17) is 0 Å². The van der Waals surface area contributed by atoms with Crippen LogP contribution in [0.5, 0.6) is 0 Å². The van der Waals surface area contributed by atoms with Crippen LogP contribution in [0.4, 0.5) is 4.39 Å². The highest BCUT2D eigenvalue weighted by Crippen LogP contribution is 2.20. The Kier molecular flexibility index (Phi) is 5.83. The first-order valence-electron chi connectivity index (χ1n) is 8.86. The molecule has 1 saturated heterocycles. The summed E-state index contributed by atoms with van der Waals surface area (Å²) in [5, 5.41) is 13.9. The lowest BCUT2D eigenvalue weighted by molar-refractivity contribution is 0.0492. The quantitative estimate of drug-likeness (QED) is 0.868. The Hall–Kier alpha value is -1.76. The van der Waals surface area contributed by atoms with Gasteiger partial charge in [0.05, 0.1) is 5.69 Å². The number of hydrogen-bond donors (Lipinski definition) is 1. The predicted molar refractivity (Wildman–Crippen MR) is 95.5 cm³/mol. The molecule has 0 amide bonds. The van der Waals surface area contributed by atoms with E-state index >= 15 is 0 Å². The first kappa shape index (κ1) is 18.0. The molecule has 25 heavy (non-hydrogen) atoms. The minimum Gasteiger partial charge on any atom is -0.396 e. The smallest absolute Gasteiger partial charge is 0.127 e. The third-order valence-corrected chi connectivity index (χ3v) is 4.99. The maximum atomic E-state index is 14.0. The number of piperazine rings is 1. The molecule has 0 radical (unpaired) electrons. The summed E-state index contributed by atoms with van der Waals surface area (Å²) in [4.78, 5) is 4.70. The van der Waals surface area contributed by atoms with Gasteiger partial charge in [0.2, 0.25) is 0 Å². The first-order valence-corrected chi connectivity index (χ1v) is 8.86. The van der Waals surface area contributed by atoms with Crippen LogP contribution >= 0.6 is 0 Å². The van der Waals surface area contributed by atoms with Crippen LogP contribution in [0.25, 0.3) is 0 Å². The first-order chi connectivity index (χ1) is 12.1. The van der Waals surface area contributed by atoms with E-state index in [1.165, 1.54) is 11.6 Å². The lowest BCUT2D eigenvalue weighted by atomic mass is 10.1. The Labute approximate surface area is 148 Å². The molecule has 0 aliphatic carbocycles. The summed E-state index contributed by atoms with van der Waals surface area (Å²) in [5.41, 5.74) is 3.03. The fourth-order valence-electron chi connectivity index (χ4n) is 3.62. The summed E-state index contributed by atoms with van der Waals surface area (Å²) < 4.78 is 15.8. The molecule has 1 aliphatic heterocycles. The minimum atomic E-state index is -0.154. The monoisotopic (exact) mass is 346 g/mol. The van der Waals surface area contributed by atoms with Gasteiger partial charge in [-0.15, -0.1) is 0 Å². The average molecular weight is 346 g/mol. The number of aryl methyl sites for hydroxylation is 2. The third kappa shape index (κ3) is 4.45. The molecule has 0 bridgehead atoms. The van der Waals surface area contributed by atoms with Gasteiger partial charge in [-0.2, -0.15) is 5.10 Å². The van der Waals surface area contributed by atoms with Crippen LogP contribution in [0, 0.1) is 12.7 Å². The molecule has 1 fully saturated rings. The number of aromatic nitrogens is 2. The van der Waals surface area contributed by atoms with Crippen LogP contribution in [0.1, 0.15) is 23.2 Å². The average Bonchev–Trinajstić information content (AvgIpc) is 2.89. The van der Waals surface area contributed by atoms with Crippen LogP contribution in [-0.4, -0.2) is 57.0 Å². The van der Waals surface area contributed by atoms with Gasteiger partial charge in [0.1, 0.15) is 5.82 Å². The van der Waals surface area contributed by atoms with Crippen molar-refractivity contribution in [2.45, 2.75) is 32.5 Å². The van der Waals surface area contributed by atoms with Gasteiger partial charge < -0.3 is 5.11 Å². The molecular weight excluding hydrogens is 319 g/mol. The maximum Gasteiger partial charge on any atom is 0.127 e. The van der Waals surface area contributed by atoms with Crippen molar-refractivity contribution >= 4 is 0 Å². The van der Waals surface area contributed by atoms with Crippen molar-refractivity contribution in [3.05, 3.63) is 53.1 Å². The Bertz CT molecular complexity index is 702. The van der Waals surface area contributed by atoms with E-state index in [0.29, 0.717) is 13.0 Å². The van der Waals surface area contributed by atoms with Crippen LogP contribution in [0.3, 0.4) is 0 Å². The molecule has 1 aromatic carbocycles. The fourth-order valence-corrected chi connectivity index (χ4v) is 3.62. The summed E-state index contributed by atoms with van der Waals surface area (Å²) in [7, 11) is 1.94. The number of halogens is 1. The van der Waals surface area contributed by atoms with Crippen molar-refractivity contribution in [3.63, 3.8) is 0 Å². The van der Waals surface area contributed by atoms with Crippen LogP contribution in [-0.2, 0) is 20.1 Å². The van der Waals surface area contributed by atoms with Crippen molar-refractivity contribution in [1.29, 1.82) is 0 Å².